The quantitative estimate of drug-likeness (QED) is 0.300. The molecule has 3 rings (SSSR count). The second-order valence-electron chi connectivity index (χ2n) is 8.31. The number of allylic oxidation sites excluding steroid dienone is 2. The molecule has 0 aromatic rings. The van der Waals surface area contributed by atoms with E-state index in [1.807, 2.05) is 6.92 Å². The van der Waals surface area contributed by atoms with E-state index >= 15 is 0 Å². The monoisotopic (exact) mass is 374 g/mol. The number of rotatable bonds is 1. The first kappa shape index (κ1) is 19.9. The molecule has 2 fully saturated rings. The molecule has 2 saturated heterocycles. The molecule has 0 N–H and O–H groups in total. The smallest absolute Gasteiger partial charge is 0.334 e. The number of hydrogen-bond donors (Lipinski definition) is 0. The van der Waals surface area contributed by atoms with Gasteiger partial charge in [0.15, 0.2) is 0 Å². The first-order chi connectivity index (χ1) is 12.7. The normalized spacial score (nSPS) is 41.0. The average molecular weight is 374 g/mol. The largest absolute Gasteiger partial charge is 0.458 e. The van der Waals surface area contributed by atoms with Gasteiger partial charge in [-0.05, 0) is 45.6 Å². The molecular weight excluding hydrogens is 344 g/mol. The highest BCUT2D eigenvalue weighted by molar-refractivity contribution is 5.90. The van der Waals surface area contributed by atoms with Gasteiger partial charge in [0.1, 0.15) is 12.2 Å². The summed E-state index contributed by atoms with van der Waals surface area (Å²) in [5.41, 5.74) is 2.56. The summed E-state index contributed by atoms with van der Waals surface area (Å²) in [7, 11) is 0. The molecular formula is C22H30O5. The summed E-state index contributed by atoms with van der Waals surface area (Å²) >= 11 is 0. The maximum absolute atomic E-state index is 12.1. The molecule has 5 atom stereocenters. The summed E-state index contributed by atoms with van der Waals surface area (Å²) in [5, 5.41) is 0. The number of hydrogen-bond acceptors (Lipinski definition) is 5. The van der Waals surface area contributed by atoms with Gasteiger partial charge in [0.2, 0.25) is 0 Å². The third-order valence-electron chi connectivity index (χ3n) is 6.05. The van der Waals surface area contributed by atoms with Gasteiger partial charge < -0.3 is 14.2 Å². The Morgan fingerprint density at radius 1 is 1.30 bits per heavy atom. The fourth-order valence-electron chi connectivity index (χ4n) is 4.12. The lowest BCUT2D eigenvalue weighted by Gasteiger charge is -2.21. The van der Waals surface area contributed by atoms with Crippen molar-refractivity contribution in [1.82, 2.24) is 0 Å². The molecule has 0 bridgehead atoms. The van der Waals surface area contributed by atoms with Crippen LogP contribution in [-0.2, 0) is 23.8 Å². The number of ether oxygens (including phenoxy) is 3. The van der Waals surface area contributed by atoms with E-state index in [2.05, 4.69) is 32.6 Å². The van der Waals surface area contributed by atoms with Crippen molar-refractivity contribution in [2.24, 2.45) is 5.92 Å². The first-order valence-electron chi connectivity index (χ1n) is 9.76. The standard InChI is InChI=1S/C22H30O5/c1-13-6-10-18(25-16(4)23)14(2)8-9-17-15(3)21(24)26-19(17)12-22(5)20(27-22)11-7-13/h6,8,17-20H,3,7,9-12H2,1-2,4-5H3/b13-6+,14-8+/t17-,18-,19+,20-,22-/m1/s1. The SMILES string of the molecule is C=C1C(=O)O[C@H]2C[C@@]3(C)O[C@@H]3CC/C(C)=C/C[C@@H](OC(C)=O)/C(C)=C/C[C@H]12. The third-order valence-corrected chi connectivity index (χ3v) is 6.05. The van der Waals surface area contributed by atoms with E-state index in [4.69, 9.17) is 14.2 Å². The van der Waals surface area contributed by atoms with Crippen molar-refractivity contribution < 1.29 is 23.8 Å². The summed E-state index contributed by atoms with van der Waals surface area (Å²) in [6.45, 7) is 11.6. The minimum Gasteiger partial charge on any atom is -0.458 e. The predicted molar refractivity (Wildman–Crippen MR) is 102 cm³/mol. The molecule has 0 saturated carbocycles. The zero-order valence-corrected chi connectivity index (χ0v) is 16.7. The van der Waals surface area contributed by atoms with E-state index in [1.54, 1.807) is 0 Å². The van der Waals surface area contributed by atoms with Crippen LogP contribution in [0, 0.1) is 5.92 Å². The van der Waals surface area contributed by atoms with Gasteiger partial charge in [-0.25, -0.2) is 4.79 Å². The number of epoxide rings is 1. The molecule has 5 heteroatoms. The van der Waals surface area contributed by atoms with Crippen LogP contribution in [0.25, 0.3) is 0 Å². The van der Waals surface area contributed by atoms with E-state index in [0.29, 0.717) is 24.8 Å². The molecule has 2 heterocycles. The molecule has 0 radical (unpaired) electrons. The molecule has 5 nitrogen and oxygen atoms in total. The molecule has 3 aliphatic rings. The zero-order valence-electron chi connectivity index (χ0n) is 16.7. The van der Waals surface area contributed by atoms with Gasteiger partial charge in [-0.3, -0.25) is 4.79 Å². The Kier molecular flexibility index (Phi) is 5.61. The Labute approximate surface area is 161 Å². The van der Waals surface area contributed by atoms with Gasteiger partial charge >= 0.3 is 11.9 Å². The number of esters is 2. The summed E-state index contributed by atoms with van der Waals surface area (Å²) in [4.78, 5) is 23.6. The van der Waals surface area contributed by atoms with Gasteiger partial charge in [-0.15, -0.1) is 0 Å². The minimum atomic E-state index is -0.310. The van der Waals surface area contributed by atoms with Crippen LogP contribution in [-0.4, -0.2) is 35.9 Å². The number of carbonyl (C=O) groups excluding carboxylic acids is 2. The number of carbonyl (C=O) groups is 2. The van der Waals surface area contributed by atoms with E-state index < -0.39 is 0 Å². The van der Waals surface area contributed by atoms with E-state index in [9.17, 15) is 9.59 Å². The lowest BCUT2D eigenvalue weighted by Crippen LogP contribution is -2.25. The lowest BCUT2D eigenvalue weighted by atomic mass is 9.85. The maximum Gasteiger partial charge on any atom is 0.334 e. The highest BCUT2D eigenvalue weighted by Crippen LogP contribution is 2.47. The van der Waals surface area contributed by atoms with Crippen molar-refractivity contribution in [2.75, 3.05) is 0 Å². The van der Waals surface area contributed by atoms with Crippen LogP contribution in [0.4, 0.5) is 0 Å². The van der Waals surface area contributed by atoms with Crippen molar-refractivity contribution in [1.29, 1.82) is 0 Å². The Bertz CT molecular complexity index is 703. The fourth-order valence-corrected chi connectivity index (χ4v) is 4.12. The van der Waals surface area contributed by atoms with Crippen molar-refractivity contribution in [3.05, 3.63) is 35.5 Å². The lowest BCUT2D eigenvalue weighted by molar-refractivity contribution is -0.144. The van der Waals surface area contributed by atoms with Gasteiger partial charge in [-0.1, -0.05) is 24.3 Å². The van der Waals surface area contributed by atoms with E-state index in [1.165, 1.54) is 12.5 Å². The van der Waals surface area contributed by atoms with Crippen molar-refractivity contribution in [3.8, 4) is 0 Å². The Morgan fingerprint density at radius 3 is 2.74 bits per heavy atom. The Morgan fingerprint density at radius 2 is 2.04 bits per heavy atom. The van der Waals surface area contributed by atoms with Crippen LogP contribution in [0.2, 0.25) is 0 Å². The highest BCUT2D eigenvalue weighted by atomic mass is 16.6. The fraction of sp³-hybridized carbons (Fsp3) is 0.636. The molecule has 1 aliphatic carbocycles. The van der Waals surface area contributed by atoms with E-state index in [-0.39, 0.29) is 41.8 Å². The topological polar surface area (TPSA) is 65.1 Å². The Balaban J connectivity index is 1.85. The molecule has 0 aromatic heterocycles. The van der Waals surface area contributed by atoms with Crippen LogP contribution >= 0.6 is 0 Å². The summed E-state index contributed by atoms with van der Waals surface area (Å²) in [6, 6.07) is 0. The van der Waals surface area contributed by atoms with Gasteiger partial charge in [0.25, 0.3) is 0 Å². The second-order valence-corrected chi connectivity index (χ2v) is 8.31. The van der Waals surface area contributed by atoms with E-state index in [0.717, 1.165) is 18.4 Å². The van der Waals surface area contributed by atoms with Crippen LogP contribution < -0.4 is 0 Å². The predicted octanol–water partition coefficient (Wildman–Crippen LogP) is 4.03. The van der Waals surface area contributed by atoms with Crippen LogP contribution in [0.3, 0.4) is 0 Å². The number of fused-ring (bicyclic) bond motifs is 2. The van der Waals surface area contributed by atoms with Crippen molar-refractivity contribution >= 4 is 11.9 Å². The summed E-state index contributed by atoms with van der Waals surface area (Å²) in [5.74, 6) is -0.661. The van der Waals surface area contributed by atoms with Gasteiger partial charge in [-0.2, -0.15) is 0 Å². The maximum atomic E-state index is 12.1. The van der Waals surface area contributed by atoms with Crippen LogP contribution in [0.5, 0.6) is 0 Å². The third kappa shape index (κ3) is 4.52. The molecule has 27 heavy (non-hydrogen) atoms. The van der Waals surface area contributed by atoms with Crippen molar-refractivity contribution in [2.45, 2.75) is 83.7 Å². The molecule has 0 spiro atoms. The van der Waals surface area contributed by atoms with Crippen LogP contribution in [0.1, 0.15) is 59.8 Å². The first-order valence-corrected chi connectivity index (χ1v) is 9.76. The molecule has 148 valence electrons. The summed E-state index contributed by atoms with van der Waals surface area (Å²) in [6.07, 6.45) is 7.77. The second kappa shape index (κ2) is 7.63. The van der Waals surface area contributed by atoms with Crippen molar-refractivity contribution in [3.63, 3.8) is 0 Å². The minimum absolute atomic E-state index is 0.0627. The summed E-state index contributed by atoms with van der Waals surface area (Å²) < 4.78 is 17.1. The highest BCUT2D eigenvalue weighted by Gasteiger charge is 2.55. The van der Waals surface area contributed by atoms with Gasteiger partial charge in [0.05, 0.1) is 11.7 Å². The molecule has 2 aliphatic heterocycles. The zero-order chi connectivity index (χ0) is 19.8. The molecule has 0 aromatic carbocycles. The van der Waals surface area contributed by atoms with Gasteiger partial charge in [0, 0.05) is 31.3 Å². The average Bonchev–Trinajstić information content (AvgIpc) is 3.16. The molecule has 0 unspecified atom stereocenters. The van der Waals surface area contributed by atoms with Crippen LogP contribution in [0.15, 0.2) is 35.5 Å². The molecule has 0 amide bonds. The Hall–Kier alpha value is -1.88.